The van der Waals surface area contributed by atoms with Gasteiger partial charge in [0.1, 0.15) is 0 Å². The van der Waals surface area contributed by atoms with E-state index >= 15 is 0 Å². The van der Waals surface area contributed by atoms with Crippen molar-refractivity contribution in [1.82, 2.24) is 5.32 Å². The minimum Gasteiger partial charge on any atom is -0.493 e. The fourth-order valence-electron chi connectivity index (χ4n) is 1.86. The standard InChI is InChI=1S/C15H23NO4/c1-4-20-14-10-12(7-8-13(14)19-3)15(18)16-11(2)6-5-9-17/h7-8,10-11,17H,4-6,9H2,1-3H3,(H,16,18). The molecule has 0 saturated carbocycles. The zero-order valence-electron chi connectivity index (χ0n) is 12.3. The average molecular weight is 281 g/mol. The maximum Gasteiger partial charge on any atom is 0.251 e. The minimum atomic E-state index is -0.154. The molecule has 2 N–H and O–H groups in total. The summed E-state index contributed by atoms with van der Waals surface area (Å²) in [5.74, 6) is 1.02. The van der Waals surface area contributed by atoms with E-state index in [0.717, 1.165) is 6.42 Å². The van der Waals surface area contributed by atoms with Crippen molar-refractivity contribution in [2.75, 3.05) is 20.3 Å². The second kappa shape index (κ2) is 8.43. The van der Waals surface area contributed by atoms with Crippen LogP contribution in [0.4, 0.5) is 0 Å². The average Bonchev–Trinajstić information content (AvgIpc) is 2.45. The number of aliphatic hydroxyl groups is 1. The third-order valence-corrected chi connectivity index (χ3v) is 2.90. The van der Waals surface area contributed by atoms with Crippen molar-refractivity contribution in [3.63, 3.8) is 0 Å². The second-order valence-electron chi connectivity index (χ2n) is 4.54. The Kier molecular flexibility index (Phi) is 6.87. The van der Waals surface area contributed by atoms with E-state index in [1.165, 1.54) is 0 Å². The molecule has 0 spiro atoms. The highest BCUT2D eigenvalue weighted by molar-refractivity contribution is 5.95. The molecule has 1 aromatic rings. The van der Waals surface area contributed by atoms with Crippen LogP contribution < -0.4 is 14.8 Å². The second-order valence-corrected chi connectivity index (χ2v) is 4.54. The molecular formula is C15H23NO4. The molecule has 0 aliphatic carbocycles. The molecule has 0 bridgehead atoms. The van der Waals surface area contributed by atoms with Gasteiger partial charge in [-0.1, -0.05) is 0 Å². The van der Waals surface area contributed by atoms with Crippen LogP contribution in [0.1, 0.15) is 37.0 Å². The summed E-state index contributed by atoms with van der Waals surface area (Å²) in [5.41, 5.74) is 0.532. The van der Waals surface area contributed by atoms with Crippen molar-refractivity contribution >= 4 is 5.91 Å². The topological polar surface area (TPSA) is 67.8 Å². The van der Waals surface area contributed by atoms with Crippen molar-refractivity contribution in [2.24, 2.45) is 0 Å². The first-order valence-electron chi connectivity index (χ1n) is 6.84. The molecule has 112 valence electrons. The Morgan fingerprint density at radius 1 is 1.40 bits per heavy atom. The fraction of sp³-hybridized carbons (Fsp3) is 0.533. The van der Waals surface area contributed by atoms with Gasteiger partial charge in [-0.05, 0) is 44.9 Å². The number of nitrogens with one attached hydrogen (secondary N) is 1. The number of hydrogen-bond donors (Lipinski definition) is 2. The summed E-state index contributed by atoms with van der Waals surface area (Å²) in [4.78, 5) is 12.1. The molecule has 0 radical (unpaired) electrons. The maximum atomic E-state index is 12.1. The molecule has 1 aromatic carbocycles. The van der Waals surface area contributed by atoms with Crippen LogP contribution in [0.2, 0.25) is 0 Å². The molecule has 0 heterocycles. The molecule has 1 atom stereocenters. The van der Waals surface area contributed by atoms with Crippen molar-refractivity contribution in [3.8, 4) is 11.5 Å². The van der Waals surface area contributed by atoms with E-state index in [2.05, 4.69) is 5.32 Å². The van der Waals surface area contributed by atoms with E-state index < -0.39 is 0 Å². The maximum absolute atomic E-state index is 12.1. The van der Waals surface area contributed by atoms with E-state index in [-0.39, 0.29) is 18.6 Å². The van der Waals surface area contributed by atoms with Gasteiger partial charge < -0.3 is 19.9 Å². The molecule has 5 nitrogen and oxygen atoms in total. The monoisotopic (exact) mass is 281 g/mol. The lowest BCUT2D eigenvalue weighted by Gasteiger charge is -2.15. The highest BCUT2D eigenvalue weighted by atomic mass is 16.5. The van der Waals surface area contributed by atoms with Crippen LogP contribution in [-0.4, -0.2) is 37.4 Å². The molecule has 0 aromatic heterocycles. The van der Waals surface area contributed by atoms with Gasteiger partial charge in [0.15, 0.2) is 11.5 Å². The van der Waals surface area contributed by atoms with Gasteiger partial charge in [-0.15, -0.1) is 0 Å². The Labute approximate surface area is 119 Å². The summed E-state index contributed by atoms with van der Waals surface area (Å²) in [7, 11) is 1.56. The number of benzene rings is 1. The number of ether oxygens (including phenoxy) is 2. The summed E-state index contributed by atoms with van der Waals surface area (Å²) in [6.07, 6.45) is 1.42. The van der Waals surface area contributed by atoms with Crippen molar-refractivity contribution in [2.45, 2.75) is 32.7 Å². The van der Waals surface area contributed by atoms with Gasteiger partial charge in [0, 0.05) is 18.2 Å². The molecule has 0 aliphatic rings. The van der Waals surface area contributed by atoms with E-state index in [9.17, 15) is 4.79 Å². The number of hydrogen-bond acceptors (Lipinski definition) is 4. The zero-order chi connectivity index (χ0) is 15.0. The highest BCUT2D eigenvalue weighted by Crippen LogP contribution is 2.28. The fourth-order valence-corrected chi connectivity index (χ4v) is 1.86. The van der Waals surface area contributed by atoms with Crippen LogP contribution >= 0.6 is 0 Å². The number of aliphatic hydroxyl groups excluding tert-OH is 1. The largest absolute Gasteiger partial charge is 0.493 e. The van der Waals surface area contributed by atoms with Crippen LogP contribution in [0.15, 0.2) is 18.2 Å². The van der Waals surface area contributed by atoms with Gasteiger partial charge in [0.05, 0.1) is 13.7 Å². The van der Waals surface area contributed by atoms with E-state index in [1.54, 1.807) is 25.3 Å². The summed E-state index contributed by atoms with van der Waals surface area (Å²) < 4.78 is 10.6. The third-order valence-electron chi connectivity index (χ3n) is 2.90. The summed E-state index contributed by atoms with van der Waals surface area (Å²) >= 11 is 0. The van der Waals surface area contributed by atoms with Crippen molar-refractivity contribution in [3.05, 3.63) is 23.8 Å². The molecule has 0 fully saturated rings. The SMILES string of the molecule is CCOc1cc(C(=O)NC(C)CCCO)ccc1OC. The minimum absolute atomic E-state index is 0.0206. The zero-order valence-corrected chi connectivity index (χ0v) is 12.3. The summed E-state index contributed by atoms with van der Waals surface area (Å²) in [6, 6.07) is 5.12. The third kappa shape index (κ3) is 4.74. The number of amides is 1. The lowest BCUT2D eigenvalue weighted by molar-refractivity contribution is 0.0936. The van der Waals surface area contributed by atoms with Crippen molar-refractivity contribution in [1.29, 1.82) is 0 Å². The number of rotatable bonds is 8. The predicted molar refractivity (Wildman–Crippen MR) is 77.4 cm³/mol. The Balaban J connectivity index is 2.75. The number of methoxy groups -OCH3 is 1. The van der Waals surface area contributed by atoms with Gasteiger partial charge in [-0.25, -0.2) is 0 Å². The first kappa shape index (κ1) is 16.3. The molecule has 5 heteroatoms. The molecule has 0 saturated heterocycles. The summed E-state index contributed by atoms with van der Waals surface area (Å²) in [6.45, 7) is 4.44. The lowest BCUT2D eigenvalue weighted by Crippen LogP contribution is -2.32. The molecule has 1 rings (SSSR count). The van der Waals surface area contributed by atoms with Crippen LogP contribution in [0.3, 0.4) is 0 Å². The first-order chi connectivity index (χ1) is 9.62. The normalized spacial score (nSPS) is 11.8. The number of carbonyl (C=O) groups is 1. The van der Waals surface area contributed by atoms with E-state index in [4.69, 9.17) is 14.6 Å². The predicted octanol–water partition coefficient (Wildman–Crippen LogP) is 1.98. The van der Waals surface area contributed by atoms with Gasteiger partial charge in [0.25, 0.3) is 5.91 Å². The smallest absolute Gasteiger partial charge is 0.251 e. The van der Waals surface area contributed by atoms with E-state index in [0.29, 0.717) is 30.1 Å². The van der Waals surface area contributed by atoms with Crippen LogP contribution in [0.25, 0.3) is 0 Å². The van der Waals surface area contributed by atoms with Crippen LogP contribution in [-0.2, 0) is 0 Å². The van der Waals surface area contributed by atoms with Crippen molar-refractivity contribution < 1.29 is 19.4 Å². The molecule has 20 heavy (non-hydrogen) atoms. The van der Waals surface area contributed by atoms with Gasteiger partial charge in [0.2, 0.25) is 0 Å². The van der Waals surface area contributed by atoms with Crippen LogP contribution in [0, 0.1) is 0 Å². The Hall–Kier alpha value is -1.75. The first-order valence-corrected chi connectivity index (χ1v) is 6.84. The summed E-state index contributed by atoms with van der Waals surface area (Å²) in [5, 5.41) is 11.7. The Bertz CT molecular complexity index is 434. The van der Waals surface area contributed by atoms with Crippen LogP contribution in [0.5, 0.6) is 11.5 Å². The quantitative estimate of drug-likeness (QED) is 0.764. The van der Waals surface area contributed by atoms with Gasteiger partial charge in [-0.3, -0.25) is 4.79 Å². The molecule has 1 unspecified atom stereocenters. The Morgan fingerprint density at radius 2 is 2.15 bits per heavy atom. The highest BCUT2D eigenvalue weighted by Gasteiger charge is 2.13. The lowest BCUT2D eigenvalue weighted by atomic mass is 10.1. The Morgan fingerprint density at radius 3 is 2.75 bits per heavy atom. The van der Waals surface area contributed by atoms with E-state index in [1.807, 2.05) is 13.8 Å². The molecular weight excluding hydrogens is 258 g/mol. The molecule has 1 amide bonds. The molecule has 0 aliphatic heterocycles. The van der Waals surface area contributed by atoms with Gasteiger partial charge >= 0.3 is 0 Å². The number of carbonyl (C=O) groups excluding carboxylic acids is 1. The van der Waals surface area contributed by atoms with Gasteiger partial charge in [-0.2, -0.15) is 0 Å².